The van der Waals surface area contributed by atoms with E-state index >= 15 is 0 Å². The molecule has 4 heterocycles. The summed E-state index contributed by atoms with van der Waals surface area (Å²) in [6, 6.07) is 9.67. The third-order valence-corrected chi connectivity index (χ3v) is 9.79. The predicted molar refractivity (Wildman–Crippen MR) is 149 cm³/mol. The number of piperidine rings is 1. The fourth-order valence-electron chi connectivity index (χ4n) is 5.84. The minimum atomic E-state index is -4.13. The first kappa shape index (κ1) is 28.1. The van der Waals surface area contributed by atoms with E-state index in [1.807, 2.05) is 12.1 Å². The number of rotatable bonds is 7. The minimum Gasteiger partial charge on any atom is -0.467 e. The second-order valence-electron chi connectivity index (χ2n) is 10.6. The van der Waals surface area contributed by atoms with Gasteiger partial charge in [-0.2, -0.15) is 9.41 Å². The van der Waals surface area contributed by atoms with Gasteiger partial charge in [0.25, 0.3) is 5.91 Å². The molecule has 2 aromatic heterocycles. The molecule has 3 aromatic rings. The summed E-state index contributed by atoms with van der Waals surface area (Å²) in [6.45, 7) is -0.0680. The normalized spacial score (nSPS) is 22.2. The highest BCUT2D eigenvalue weighted by atomic mass is 32.2. The summed E-state index contributed by atoms with van der Waals surface area (Å²) in [7, 11) is -4.13. The summed E-state index contributed by atoms with van der Waals surface area (Å²) < 4.78 is 58.4. The van der Waals surface area contributed by atoms with E-state index in [0.29, 0.717) is 37.5 Å². The summed E-state index contributed by atoms with van der Waals surface area (Å²) in [4.78, 5) is 25.8. The van der Waals surface area contributed by atoms with Crippen molar-refractivity contribution in [1.82, 2.24) is 9.31 Å². The Kier molecular flexibility index (Phi) is 7.82. The van der Waals surface area contributed by atoms with Crippen molar-refractivity contribution >= 4 is 33.7 Å². The average Bonchev–Trinajstić information content (AvgIpc) is 3.78. The number of hydrogen-bond donors (Lipinski definition) is 0. The van der Waals surface area contributed by atoms with Crippen molar-refractivity contribution in [2.24, 2.45) is 11.0 Å². The van der Waals surface area contributed by atoms with Crippen molar-refractivity contribution in [2.45, 2.75) is 49.5 Å². The molecular formula is C30H30FN3O7S. The fraction of sp³-hybridized carbons (Fsp3) is 0.367. The number of allylic oxidation sites excluding steroid dienone is 1. The van der Waals surface area contributed by atoms with Gasteiger partial charge in [-0.05, 0) is 86.2 Å². The molecule has 12 heteroatoms. The molecule has 6 rings (SSSR count). The zero-order chi connectivity index (χ0) is 29.3. The van der Waals surface area contributed by atoms with Crippen LogP contribution in [-0.2, 0) is 19.6 Å². The SMILES string of the molecule is O=C(OCC(=O)N1N=C2C(=Cc3ccco3)CCCC2C1c1ccco1)c1ccc(F)c(S(=O)(=O)N2CCCCC2)c1. The maximum absolute atomic E-state index is 14.6. The molecule has 0 N–H and O–H groups in total. The number of nitrogens with zero attached hydrogens (tertiary/aromatic N) is 3. The van der Waals surface area contributed by atoms with Gasteiger partial charge in [-0.15, -0.1) is 0 Å². The van der Waals surface area contributed by atoms with Gasteiger partial charge >= 0.3 is 5.97 Å². The number of fused-ring (bicyclic) bond motifs is 1. The smallest absolute Gasteiger partial charge is 0.338 e. The maximum Gasteiger partial charge on any atom is 0.338 e. The Bertz CT molecular complexity index is 1620. The maximum atomic E-state index is 14.6. The number of hydrogen-bond acceptors (Lipinski definition) is 8. The largest absolute Gasteiger partial charge is 0.467 e. The summed E-state index contributed by atoms with van der Waals surface area (Å²) in [5.41, 5.74) is 1.54. The monoisotopic (exact) mass is 595 g/mol. The number of esters is 1. The molecule has 1 saturated heterocycles. The summed E-state index contributed by atoms with van der Waals surface area (Å²) in [6.07, 6.45) is 9.75. The number of ether oxygens (including phenoxy) is 1. The van der Waals surface area contributed by atoms with Crippen molar-refractivity contribution in [2.75, 3.05) is 19.7 Å². The molecule has 3 aliphatic rings. The minimum absolute atomic E-state index is 0.120. The molecule has 42 heavy (non-hydrogen) atoms. The Morgan fingerprint density at radius 2 is 1.83 bits per heavy atom. The third kappa shape index (κ3) is 5.43. The van der Waals surface area contributed by atoms with Crippen LogP contribution in [0.4, 0.5) is 4.39 Å². The van der Waals surface area contributed by atoms with Gasteiger partial charge < -0.3 is 13.6 Å². The summed E-state index contributed by atoms with van der Waals surface area (Å²) >= 11 is 0. The van der Waals surface area contributed by atoms with E-state index < -0.39 is 45.3 Å². The van der Waals surface area contributed by atoms with Crippen LogP contribution in [0, 0.1) is 11.7 Å². The second kappa shape index (κ2) is 11.7. The fourth-order valence-corrected chi connectivity index (χ4v) is 7.45. The molecule has 2 aliphatic heterocycles. The summed E-state index contributed by atoms with van der Waals surface area (Å²) in [5.74, 6) is -1.36. The van der Waals surface area contributed by atoms with Crippen LogP contribution in [0.3, 0.4) is 0 Å². The molecule has 220 valence electrons. The van der Waals surface area contributed by atoms with Crippen LogP contribution in [0.15, 0.2) is 79.4 Å². The van der Waals surface area contributed by atoms with Crippen molar-refractivity contribution < 1.29 is 36.0 Å². The molecule has 1 saturated carbocycles. The van der Waals surface area contributed by atoms with Crippen molar-refractivity contribution in [3.8, 4) is 0 Å². The highest BCUT2D eigenvalue weighted by Gasteiger charge is 2.45. The van der Waals surface area contributed by atoms with E-state index in [2.05, 4.69) is 5.10 Å². The molecule has 1 amide bonds. The third-order valence-electron chi connectivity index (χ3n) is 7.88. The topological polar surface area (TPSA) is 123 Å². The summed E-state index contributed by atoms with van der Waals surface area (Å²) in [5, 5.41) is 5.97. The lowest BCUT2D eigenvalue weighted by molar-refractivity contribution is -0.137. The van der Waals surface area contributed by atoms with E-state index in [1.54, 1.807) is 24.5 Å². The molecule has 10 nitrogen and oxygen atoms in total. The number of amides is 1. The first-order valence-electron chi connectivity index (χ1n) is 14.0. The molecule has 0 bridgehead atoms. The number of hydrazone groups is 1. The second-order valence-corrected chi connectivity index (χ2v) is 12.5. The van der Waals surface area contributed by atoms with Crippen LogP contribution in [0.25, 0.3) is 6.08 Å². The lowest BCUT2D eigenvalue weighted by Gasteiger charge is -2.27. The zero-order valence-electron chi connectivity index (χ0n) is 22.8. The standard InChI is InChI=1S/C30H30FN3O7S/c31-24-12-11-21(18-26(24)42(37,38)33-13-2-1-3-14-33)30(36)41-19-27(35)34-29(25-10-6-16-40-25)23-9-4-7-20(28(23)32-34)17-22-8-5-15-39-22/h5-6,8,10-12,15-18,23,29H,1-4,7,9,13-14,19H2. The lowest BCUT2D eigenvalue weighted by atomic mass is 9.79. The Morgan fingerprint density at radius 1 is 1.05 bits per heavy atom. The van der Waals surface area contributed by atoms with Crippen LogP contribution < -0.4 is 0 Å². The highest BCUT2D eigenvalue weighted by molar-refractivity contribution is 7.89. The molecule has 1 aromatic carbocycles. The molecule has 2 fully saturated rings. The van der Waals surface area contributed by atoms with E-state index in [-0.39, 0.29) is 11.5 Å². The number of halogens is 1. The number of sulfonamides is 1. The van der Waals surface area contributed by atoms with Gasteiger partial charge in [0.2, 0.25) is 10.0 Å². The van der Waals surface area contributed by atoms with Gasteiger partial charge in [0, 0.05) is 19.0 Å². The molecular weight excluding hydrogens is 565 g/mol. The molecule has 0 radical (unpaired) electrons. The molecule has 1 aliphatic carbocycles. The van der Waals surface area contributed by atoms with Crippen molar-refractivity contribution in [1.29, 1.82) is 0 Å². The number of furan rings is 2. The van der Waals surface area contributed by atoms with Crippen molar-refractivity contribution in [3.63, 3.8) is 0 Å². The number of benzene rings is 1. The van der Waals surface area contributed by atoms with Gasteiger partial charge in [0.15, 0.2) is 6.61 Å². The molecule has 0 spiro atoms. The molecule has 2 atom stereocenters. The first-order valence-corrected chi connectivity index (χ1v) is 15.4. The van der Waals surface area contributed by atoms with Gasteiger partial charge in [-0.1, -0.05) is 6.42 Å². The average molecular weight is 596 g/mol. The van der Waals surface area contributed by atoms with Crippen molar-refractivity contribution in [3.05, 3.63) is 83.5 Å². The van der Waals surface area contributed by atoms with E-state index in [1.165, 1.54) is 15.6 Å². The van der Waals surface area contributed by atoms with Crippen LogP contribution in [0.2, 0.25) is 0 Å². The van der Waals surface area contributed by atoms with Crippen LogP contribution >= 0.6 is 0 Å². The van der Waals surface area contributed by atoms with Gasteiger partial charge in [-0.25, -0.2) is 22.6 Å². The van der Waals surface area contributed by atoms with Gasteiger partial charge in [0.1, 0.15) is 28.3 Å². The van der Waals surface area contributed by atoms with Crippen LogP contribution in [0.5, 0.6) is 0 Å². The van der Waals surface area contributed by atoms with E-state index in [4.69, 9.17) is 13.6 Å². The lowest BCUT2D eigenvalue weighted by Crippen LogP contribution is -2.36. The Labute approximate surface area is 242 Å². The number of carbonyl (C=O) groups is 2. The first-order chi connectivity index (χ1) is 20.3. The predicted octanol–water partition coefficient (Wildman–Crippen LogP) is 5.17. The Balaban J connectivity index is 1.21. The van der Waals surface area contributed by atoms with Gasteiger partial charge in [0.05, 0.1) is 23.8 Å². The highest BCUT2D eigenvalue weighted by Crippen LogP contribution is 2.44. The van der Waals surface area contributed by atoms with E-state index in [0.717, 1.165) is 55.2 Å². The van der Waals surface area contributed by atoms with E-state index in [9.17, 15) is 22.4 Å². The van der Waals surface area contributed by atoms with Gasteiger partial charge in [-0.3, -0.25) is 4.79 Å². The molecule has 2 unspecified atom stereocenters. The number of carbonyl (C=O) groups excluding carboxylic acids is 2. The Hall–Kier alpha value is -4.03. The zero-order valence-corrected chi connectivity index (χ0v) is 23.6. The van der Waals surface area contributed by atoms with Crippen LogP contribution in [-0.4, -0.2) is 55.0 Å². The quantitative estimate of drug-likeness (QED) is 0.346. The van der Waals surface area contributed by atoms with Crippen LogP contribution in [0.1, 0.15) is 66.4 Å². The Morgan fingerprint density at radius 3 is 2.57 bits per heavy atom.